The first kappa shape index (κ1) is 10.9. The fourth-order valence-corrected chi connectivity index (χ4v) is 2.24. The van der Waals surface area contributed by atoms with Gasteiger partial charge in [0, 0.05) is 5.69 Å². The number of nitrogen functional groups attached to an aromatic ring is 1. The quantitative estimate of drug-likeness (QED) is 0.799. The van der Waals surface area contributed by atoms with Gasteiger partial charge in [-0.1, -0.05) is 13.8 Å². The monoisotopic (exact) mass is 218 g/mol. The molecule has 86 valence electrons. The van der Waals surface area contributed by atoms with Crippen molar-refractivity contribution in [2.45, 2.75) is 40.5 Å². The molecular formula is C12H18N4. The highest BCUT2D eigenvalue weighted by Crippen LogP contribution is 2.25. The smallest absolute Gasteiger partial charge is 0.163 e. The highest BCUT2D eigenvalue weighted by molar-refractivity contribution is 5.68. The first-order valence-electron chi connectivity index (χ1n) is 5.55. The largest absolute Gasteiger partial charge is 0.394 e. The normalized spacial score (nSPS) is 11.6. The first-order chi connectivity index (χ1) is 7.43. The van der Waals surface area contributed by atoms with Crippen LogP contribution in [0.15, 0.2) is 0 Å². The number of imidazole rings is 1. The molecule has 0 saturated carbocycles. The Balaban J connectivity index is 2.95. The Bertz CT molecular complexity index is 552. The van der Waals surface area contributed by atoms with E-state index < -0.39 is 0 Å². The van der Waals surface area contributed by atoms with Crippen molar-refractivity contribution < 1.29 is 0 Å². The minimum absolute atomic E-state index is 0.414. The van der Waals surface area contributed by atoms with Gasteiger partial charge in [-0.15, -0.1) is 0 Å². The van der Waals surface area contributed by atoms with Crippen LogP contribution in [0.2, 0.25) is 0 Å². The number of nitrogens with zero attached hydrogens (tertiary/aromatic N) is 3. The van der Waals surface area contributed by atoms with E-state index in [9.17, 15) is 0 Å². The van der Waals surface area contributed by atoms with Crippen molar-refractivity contribution in [2.75, 3.05) is 5.73 Å². The molecule has 2 rings (SSSR count). The maximum absolute atomic E-state index is 6.02. The molecule has 2 N–H and O–H groups in total. The van der Waals surface area contributed by atoms with Gasteiger partial charge in [0.15, 0.2) is 5.65 Å². The van der Waals surface area contributed by atoms with Crippen LogP contribution < -0.4 is 5.73 Å². The lowest BCUT2D eigenvalue weighted by molar-refractivity contribution is 0.777. The summed E-state index contributed by atoms with van der Waals surface area (Å²) in [5.41, 5.74) is 10.6. The van der Waals surface area contributed by atoms with Crippen molar-refractivity contribution >= 4 is 11.3 Å². The maximum Gasteiger partial charge on any atom is 0.163 e. The van der Waals surface area contributed by atoms with Crippen LogP contribution in [-0.4, -0.2) is 14.4 Å². The molecule has 4 heteroatoms. The summed E-state index contributed by atoms with van der Waals surface area (Å²) in [6.45, 7) is 10.3. The zero-order chi connectivity index (χ0) is 12.0. The average Bonchev–Trinajstić information content (AvgIpc) is 2.52. The lowest BCUT2D eigenvalue weighted by Crippen LogP contribution is -2.06. The molecule has 0 saturated heterocycles. The third-order valence-electron chi connectivity index (χ3n) is 2.93. The van der Waals surface area contributed by atoms with Crippen LogP contribution in [0.5, 0.6) is 0 Å². The highest BCUT2D eigenvalue weighted by Gasteiger charge is 2.17. The molecule has 2 aromatic rings. The molecule has 0 atom stereocenters. The molecule has 2 heterocycles. The number of aromatic nitrogens is 3. The van der Waals surface area contributed by atoms with E-state index in [0.29, 0.717) is 11.6 Å². The molecular weight excluding hydrogens is 200 g/mol. The predicted octanol–water partition coefficient (Wildman–Crippen LogP) is 2.36. The zero-order valence-corrected chi connectivity index (χ0v) is 10.5. The van der Waals surface area contributed by atoms with Crippen LogP contribution in [0.25, 0.3) is 5.65 Å². The van der Waals surface area contributed by atoms with E-state index in [0.717, 1.165) is 22.9 Å². The third kappa shape index (κ3) is 1.37. The number of hydrogen-bond acceptors (Lipinski definition) is 3. The van der Waals surface area contributed by atoms with E-state index in [2.05, 4.69) is 28.2 Å². The summed E-state index contributed by atoms with van der Waals surface area (Å²) in [7, 11) is 0. The molecule has 0 unspecified atom stereocenters. The molecule has 0 aliphatic rings. The van der Waals surface area contributed by atoms with Gasteiger partial charge in [-0.25, -0.2) is 9.97 Å². The Morgan fingerprint density at radius 1 is 1.06 bits per heavy atom. The van der Waals surface area contributed by atoms with E-state index in [-0.39, 0.29) is 0 Å². The second-order valence-electron chi connectivity index (χ2n) is 4.55. The molecule has 0 bridgehead atoms. The Morgan fingerprint density at radius 3 is 2.25 bits per heavy atom. The van der Waals surface area contributed by atoms with Crippen molar-refractivity contribution in [3.8, 4) is 0 Å². The summed E-state index contributed by atoms with van der Waals surface area (Å²) in [6.07, 6.45) is 0. The van der Waals surface area contributed by atoms with E-state index in [1.807, 2.05) is 20.8 Å². The van der Waals surface area contributed by atoms with Crippen LogP contribution in [0.1, 0.15) is 42.7 Å². The van der Waals surface area contributed by atoms with E-state index >= 15 is 0 Å². The first-order valence-corrected chi connectivity index (χ1v) is 5.55. The van der Waals surface area contributed by atoms with Gasteiger partial charge >= 0.3 is 0 Å². The SMILES string of the molecule is Cc1nc(C)n2c(C(C)C)c(C)nc2c1N. The summed E-state index contributed by atoms with van der Waals surface area (Å²) in [5, 5.41) is 0. The van der Waals surface area contributed by atoms with Gasteiger partial charge < -0.3 is 5.73 Å². The Kier molecular flexibility index (Phi) is 2.37. The summed E-state index contributed by atoms with van der Waals surface area (Å²) >= 11 is 0. The summed E-state index contributed by atoms with van der Waals surface area (Å²) in [5.74, 6) is 1.36. The maximum atomic E-state index is 6.02. The zero-order valence-electron chi connectivity index (χ0n) is 10.5. The standard InChI is InChI=1S/C12H18N4/c1-6(2)11-8(4)15-12-10(13)7(3)14-9(5)16(11)12/h6H,13H2,1-5H3. The number of anilines is 1. The van der Waals surface area contributed by atoms with Crippen LogP contribution in [0.4, 0.5) is 5.69 Å². The van der Waals surface area contributed by atoms with Gasteiger partial charge in [-0.2, -0.15) is 0 Å². The Morgan fingerprint density at radius 2 is 1.69 bits per heavy atom. The van der Waals surface area contributed by atoms with Crippen LogP contribution in [0.3, 0.4) is 0 Å². The Hall–Kier alpha value is -1.58. The summed E-state index contributed by atoms with van der Waals surface area (Å²) < 4.78 is 2.07. The molecule has 0 amide bonds. The molecule has 0 spiro atoms. The van der Waals surface area contributed by atoms with Crippen molar-refractivity contribution in [1.29, 1.82) is 0 Å². The fraction of sp³-hybridized carbons (Fsp3) is 0.500. The van der Waals surface area contributed by atoms with E-state index in [1.165, 1.54) is 5.69 Å². The average molecular weight is 218 g/mol. The van der Waals surface area contributed by atoms with Gasteiger partial charge in [-0.05, 0) is 26.7 Å². The second kappa shape index (κ2) is 3.47. The van der Waals surface area contributed by atoms with Gasteiger partial charge in [0.25, 0.3) is 0 Å². The van der Waals surface area contributed by atoms with Gasteiger partial charge in [0.2, 0.25) is 0 Å². The van der Waals surface area contributed by atoms with E-state index in [4.69, 9.17) is 5.73 Å². The molecule has 16 heavy (non-hydrogen) atoms. The molecule has 4 nitrogen and oxygen atoms in total. The van der Waals surface area contributed by atoms with Crippen LogP contribution >= 0.6 is 0 Å². The topological polar surface area (TPSA) is 56.2 Å². The van der Waals surface area contributed by atoms with E-state index in [1.54, 1.807) is 0 Å². The second-order valence-corrected chi connectivity index (χ2v) is 4.55. The number of aryl methyl sites for hydroxylation is 3. The lowest BCUT2D eigenvalue weighted by atomic mass is 10.1. The highest BCUT2D eigenvalue weighted by atomic mass is 15.1. The van der Waals surface area contributed by atoms with Gasteiger partial charge in [0.1, 0.15) is 5.82 Å². The summed E-state index contributed by atoms with van der Waals surface area (Å²) in [6, 6.07) is 0. The van der Waals surface area contributed by atoms with Gasteiger partial charge in [-0.3, -0.25) is 4.40 Å². The lowest BCUT2D eigenvalue weighted by Gasteiger charge is -2.10. The molecule has 0 fully saturated rings. The molecule has 0 radical (unpaired) electrons. The molecule has 0 aliphatic carbocycles. The minimum Gasteiger partial charge on any atom is -0.394 e. The van der Waals surface area contributed by atoms with Gasteiger partial charge in [0.05, 0.1) is 17.1 Å². The number of nitrogens with two attached hydrogens (primary N) is 1. The van der Waals surface area contributed by atoms with Crippen molar-refractivity contribution in [1.82, 2.24) is 14.4 Å². The molecule has 0 aliphatic heterocycles. The number of fused-ring (bicyclic) bond motifs is 1. The minimum atomic E-state index is 0.414. The summed E-state index contributed by atoms with van der Waals surface area (Å²) in [4.78, 5) is 9.01. The fourth-order valence-electron chi connectivity index (χ4n) is 2.24. The van der Waals surface area contributed by atoms with Crippen molar-refractivity contribution in [3.05, 3.63) is 22.9 Å². The van der Waals surface area contributed by atoms with Crippen LogP contribution in [0, 0.1) is 20.8 Å². The van der Waals surface area contributed by atoms with Crippen molar-refractivity contribution in [3.63, 3.8) is 0 Å². The molecule has 0 aromatic carbocycles. The number of rotatable bonds is 1. The predicted molar refractivity (Wildman–Crippen MR) is 65.7 cm³/mol. The third-order valence-corrected chi connectivity index (χ3v) is 2.93. The Labute approximate surface area is 95.5 Å². The molecule has 2 aromatic heterocycles. The number of hydrogen-bond donors (Lipinski definition) is 1. The van der Waals surface area contributed by atoms with Crippen LogP contribution in [-0.2, 0) is 0 Å². The van der Waals surface area contributed by atoms with Crippen molar-refractivity contribution in [2.24, 2.45) is 0 Å².